The van der Waals surface area contributed by atoms with Crippen LogP contribution in [0.25, 0.3) is 0 Å². The molecule has 0 spiro atoms. The lowest BCUT2D eigenvalue weighted by Crippen LogP contribution is -2.52. The zero-order chi connectivity index (χ0) is 5.98. The van der Waals surface area contributed by atoms with Crippen molar-refractivity contribution in [2.75, 3.05) is 6.54 Å². The molecule has 0 saturated heterocycles. The molecular formula is C3H9N5. The van der Waals surface area contributed by atoms with Crippen molar-refractivity contribution in [2.24, 2.45) is 11.6 Å². The van der Waals surface area contributed by atoms with Crippen LogP contribution in [0.15, 0.2) is 11.9 Å². The Morgan fingerprint density at radius 1 is 1.75 bits per heavy atom. The molecular weight excluding hydrogens is 106 g/mol. The smallest absolute Gasteiger partial charge is 0.0553 e. The van der Waals surface area contributed by atoms with E-state index in [9.17, 15) is 0 Å². The molecule has 0 unspecified atom stereocenters. The van der Waals surface area contributed by atoms with Gasteiger partial charge in [-0.1, -0.05) is 0 Å². The van der Waals surface area contributed by atoms with E-state index in [-0.39, 0.29) is 0 Å². The minimum Gasteiger partial charge on any atom is -0.400 e. The highest BCUT2D eigenvalue weighted by atomic mass is 15.8. The number of nitrogens with zero attached hydrogens (tertiary/aromatic N) is 1. The van der Waals surface area contributed by atoms with Crippen LogP contribution in [0, 0.1) is 0 Å². The lowest BCUT2D eigenvalue weighted by Gasteiger charge is -2.21. The van der Waals surface area contributed by atoms with Crippen molar-refractivity contribution in [1.29, 1.82) is 0 Å². The number of nitrogens with one attached hydrogen (secondary N) is 2. The first-order valence-corrected chi connectivity index (χ1v) is 2.27. The Labute approximate surface area is 47.2 Å². The number of nitrogens with two attached hydrogens (primary N) is 2. The van der Waals surface area contributed by atoms with Crippen LogP contribution in [0.1, 0.15) is 0 Å². The third kappa shape index (κ3) is 1.09. The molecule has 0 amide bonds. The van der Waals surface area contributed by atoms with Crippen LogP contribution in [-0.4, -0.2) is 11.7 Å². The first-order chi connectivity index (χ1) is 3.79. The zero-order valence-corrected chi connectivity index (χ0v) is 4.39. The summed E-state index contributed by atoms with van der Waals surface area (Å²) in [6.07, 6.45) is 1.61. The van der Waals surface area contributed by atoms with Crippen molar-refractivity contribution in [3.63, 3.8) is 0 Å². The van der Waals surface area contributed by atoms with Gasteiger partial charge >= 0.3 is 0 Å². The molecule has 1 aliphatic rings. The van der Waals surface area contributed by atoms with Gasteiger partial charge in [-0.25, -0.2) is 16.4 Å². The molecule has 0 atom stereocenters. The Kier molecular flexibility index (Phi) is 1.34. The van der Waals surface area contributed by atoms with Crippen molar-refractivity contribution in [3.05, 3.63) is 11.9 Å². The fourth-order valence-electron chi connectivity index (χ4n) is 0.489. The molecule has 0 aliphatic carbocycles. The maximum Gasteiger partial charge on any atom is 0.0553 e. The fourth-order valence-corrected chi connectivity index (χ4v) is 0.489. The van der Waals surface area contributed by atoms with E-state index >= 15 is 0 Å². The molecule has 0 saturated carbocycles. The summed E-state index contributed by atoms with van der Waals surface area (Å²) < 4.78 is 0. The highest BCUT2D eigenvalue weighted by Gasteiger charge is 1.99. The van der Waals surface area contributed by atoms with Gasteiger partial charge in [-0.15, -0.1) is 0 Å². The van der Waals surface area contributed by atoms with Crippen LogP contribution >= 0.6 is 0 Å². The van der Waals surface area contributed by atoms with Gasteiger partial charge in [0.25, 0.3) is 0 Å². The lowest BCUT2D eigenvalue weighted by molar-refractivity contribution is 0.214. The number of hydrogen-bond donors (Lipinski definition) is 4. The minimum absolute atomic E-state index is 0.633. The van der Waals surface area contributed by atoms with Crippen LogP contribution in [-0.2, 0) is 0 Å². The van der Waals surface area contributed by atoms with Crippen molar-refractivity contribution >= 4 is 0 Å². The quantitative estimate of drug-likeness (QED) is 0.274. The van der Waals surface area contributed by atoms with Crippen LogP contribution in [0.3, 0.4) is 0 Å². The van der Waals surface area contributed by atoms with Gasteiger partial charge in [-0.2, -0.15) is 5.53 Å². The maximum absolute atomic E-state index is 5.36. The molecule has 46 valence electrons. The summed E-state index contributed by atoms with van der Waals surface area (Å²) in [5.74, 6) is 5.23. The van der Waals surface area contributed by atoms with Crippen molar-refractivity contribution < 1.29 is 0 Å². The maximum atomic E-state index is 5.36. The molecule has 0 aromatic heterocycles. The third-order valence-corrected chi connectivity index (χ3v) is 0.806. The van der Waals surface area contributed by atoms with Gasteiger partial charge in [-0.3, -0.25) is 0 Å². The van der Waals surface area contributed by atoms with Gasteiger partial charge in [0.05, 0.1) is 12.7 Å². The van der Waals surface area contributed by atoms with E-state index < -0.39 is 0 Å². The molecule has 1 rings (SSSR count). The second-order valence-corrected chi connectivity index (χ2v) is 1.58. The molecule has 6 N–H and O–H groups in total. The summed E-state index contributed by atoms with van der Waals surface area (Å²) in [5.41, 5.74) is 11.4. The molecule has 0 aromatic rings. The Morgan fingerprint density at radius 2 is 2.50 bits per heavy atom. The average Bonchev–Trinajstić information content (AvgIpc) is 1.64. The van der Waals surface area contributed by atoms with Crippen LogP contribution < -0.4 is 22.5 Å². The summed E-state index contributed by atoms with van der Waals surface area (Å²) in [6, 6.07) is 0. The molecule has 1 aliphatic heterocycles. The molecule has 0 bridgehead atoms. The molecule has 5 nitrogen and oxygen atoms in total. The van der Waals surface area contributed by atoms with Gasteiger partial charge < -0.3 is 5.73 Å². The largest absolute Gasteiger partial charge is 0.400 e. The van der Waals surface area contributed by atoms with E-state index in [1.54, 1.807) is 6.20 Å². The predicted octanol–water partition coefficient (Wildman–Crippen LogP) is -2.01. The van der Waals surface area contributed by atoms with E-state index in [2.05, 4.69) is 11.0 Å². The first kappa shape index (κ1) is 5.36. The monoisotopic (exact) mass is 115 g/mol. The van der Waals surface area contributed by atoms with Crippen molar-refractivity contribution in [2.45, 2.75) is 0 Å². The average molecular weight is 115 g/mol. The van der Waals surface area contributed by atoms with Crippen LogP contribution in [0.5, 0.6) is 0 Å². The van der Waals surface area contributed by atoms with Crippen LogP contribution in [0.4, 0.5) is 0 Å². The van der Waals surface area contributed by atoms with E-state index in [1.165, 1.54) is 5.12 Å². The van der Waals surface area contributed by atoms with Gasteiger partial charge in [0.15, 0.2) is 0 Å². The summed E-state index contributed by atoms with van der Waals surface area (Å²) in [5, 5.41) is 1.26. The van der Waals surface area contributed by atoms with E-state index in [1.807, 2.05) is 0 Å². The van der Waals surface area contributed by atoms with Crippen LogP contribution in [0.2, 0.25) is 0 Å². The molecule has 5 heteroatoms. The Morgan fingerprint density at radius 3 is 2.88 bits per heavy atom. The minimum atomic E-state index is 0.633. The van der Waals surface area contributed by atoms with Crippen molar-refractivity contribution in [1.82, 2.24) is 16.1 Å². The SMILES string of the molecule is NC1=CN(N)NNC1. The van der Waals surface area contributed by atoms with Crippen molar-refractivity contribution in [3.8, 4) is 0 Å². The summed E-state index contributed by atoms with van der Waals surface area (Å²) in [7, 11) is 0. The molecule has 0 fully saturated rings. The van der Waals surface area contributed by atoms with E-state index in [4.69, 9.17) is 11.6 Å². The highest BCUT2D eigenvalue weighted by Crippen LogP contribution is 1.84. The highest BCUT2D eigenvalue weighted by molar-refractivity contribution is 4.97. The Bertz CT molecular complexity index is 108. The lowest BCUT2D eigenvalue weighted by atomic mass is 10.5. The molecule has 0 radical (unpaired) electrons. The number of hydrazine groups is 3. The standard InChI is InChI=1S/C3H9N5/c4-3-1-6-7-8(5)2-3/h2,6-7H,1,4-5H2. The van der Waals surface area contributed by atoms with Gasteiger partial charge in [0, 0.05) is 5.70 Å². The fraction of sp³-hybridized carbons (Fsp3) is 0.333. The number of hydrogen-bond acceptors (Lipinski definition) is 5. The van der Waals surface area contributed by atoms with E-state index in [0.29, 0.717) is 12.2 Å². The van der Waals surface area contributed by atoms with Gasteiger partial charge in [-0.05, 0) is 0 Å². The molecule has 1 heterocycles. The van der Waals surface area contributed by atoms with Gasteiger partial charge in [0.2, 0.25) is 0 Å². The molecule has 0 aromatic carbocycles. The summed E-state index contributed by atoms with van der Waals surface area (Å²) in [6.45, 7) is 0.633. The van der Waals surface area contributed by atoms with Gasteiger partial charge in [0.1, 0.15) is 0 Å². The zero-order valence-electron chi connectivity index (χ0n) is 4.39. The topological polar surface area (TPSA) is 79.3 Å². The Hall–Kier alpha value is -0.780. The number of rotatable bonds is 0. The summed E-state index contributed by atoms with van der Waals surface area (Å²) >= 11 is 0. The first-order valence-electron chi connectivity index (χ1n) is 2.27. The normalized spacial score (nSPS) is 20.6. The second kappa shape index (κ2) is 1.99. The summed E-state index contributed by atoms with van der Waals surface area (Å²) in [4.78, 5) is 0. The Balaban J connectivity index is 2.50. The predicted molar refractivity (Wildman–Crippen MR) is 29.4 cm³/mol. The third-order valence-electron chi connectivity index (χ3n) is 0.806. The second-order valence-electron chi connectivity index (χ2n) is 1.58. The molecule has 8 heavy (non-hydrogen) atoms. The van der Waals surface area contributed by atoms with E-state index in [0.717, 1.165) is 0 Å².